The number of aromatic nitrogens is 2. The summed E-state index contributed by atoms with van der Waals surface area (Å²) in [6.45, 7) is 2.93. The number of carbonyl (C=O) groups is 1. The van der Waals surface area contributed by atoms with Gasteiger partial charge in [-0.1, -0.05) is 0 Å². The summed E-state index contributed by atoms with van der Waals surface area (Å²) in [4.78, 5) is 20.5. The number of nitro groups is 1. The van der Waals surface area contributed by atoms with Crippen LogP contribution in [0.5, 0.6) is 0 Å². The predicted octanol–water partition coefficient (Wildman–Crippen LogP) is -1.12. The van der Waals surface area contributed by atoms with Crippen molar-refractivity contribution in [3.63, 3.8) is 0 Å². The van der Waals surface area contributed by atoms with E-state index >= 15 is 0 Å². The first-order chi connectivity index (χ1) is 8.99. The highest BCUT2D eigenvalue weighted by atomic mass is 16.6. The maximum Gasteiger partial charge on any atom is 0.306 e. The quantitative estimate of drug-likeness (QED) is 0.312. The van der Waals surface area contributed by atoms with E-state index in [1.807, 2.05) is 0 Å². The molecule has 106 valence electrons. The molecule has 1 atom stereocenters. The predicted molar refractivity (Wildman–Crippen MR) is 66.4 cm³/mol. The van der Waals surface area contributed by atoms with Gasteiger partial charge in [0, 0.05) is 26.6 Å². The lowest BCUT2D eigenvalue weighted by Gasteiger charge is -2.11. The van der Waals surface area contributed by atoms with E-state index in [2.05, 4.69) is 15.7 Å². The number of carbonyl (C=O) groups excluding carboxylic acids is 1. The molecule has 0 fully saturated rings. The number of aliphatic hydroxyl groups is 1. The van der Waals surface area contributed by atoms with Gasteiger partial charge < -0.3 is 15.7 Å². The molecule has 1 amide bonds. The van der Waals surface area contributed by atoms with Crippen molar-refractivity contribution in [1.82, 2.24) is 20.4 Å². The summed E-state index contributed by atoms with van der Waals surface area (Å²) >= 11 is 0. The zero-order valence-electron chi connectivity index (χ0n) is 10.6. The van der Waals surface area contributed by atoms with Crippen molar-refractivity contribution in [2.24, 2.45) is 0 Å². The average Bonchev–Trinajstić information content (AvgIpc) is 2.76. The van der Waals surface area contributed by atoms with Gasteiger partial charge >= 0.3 is 5.69 Å². The van der Waals surface area contributed by atoms with E-state index in [1.165, 1.54) is 17.8 Å². The highest BCUT2D eigenvalue weighted by Crippen LogP contribution is 2.07. The van der Waals surface area contributed by atoms with Crippen molar-refractivity contribution in [2.75, 3.05) is 19.6 Å². The SMILES string of the molecule is CC(=O)NCCNCC(O)Cn1cc([N+](=O)[O-])cn1. The van der Waals surface area contributed by atoms with Gasteiger partial charge in [0.2, 0.25) is 5.91 Å². The molecule has 0 radical (unpaired) electrons. The topological polar surface area (TPSA) is 122 Å². The van der Waals surface area contributed by atoms with E-state index in [0.29, 0.717) is 19.6 Å². The van der Waals surface area contributed by atoms with Crippen LogP contribution in [0.3, 0.4) is 0 Å². The monoisotopic (exact) mass is 271 g/mol. The zero-order valence-corrected chi connectivity index (χ0v) is 10.6. The fraction of sp³-hybridized carbons (Fsp3) is 0.600. The molecule has 0 saturated heterocycles. The van der Waals surface area contributed by atoms with E-state index in [9.17, 15) is 20.0 Å². The fourth-order valence-electron chi connectivity index (χ4n) is 1.42. The number of hydrogen-bond donors (Lipinski definition) is 3. The second-order valence-electron chi connectivity index (χ2n) is 4.02. The molecule has 0 aliphatic rings. The summed E-state index contributed by atoms with van der Waals surface area (Å²) in [5.74, 6) is -0.105. The molecule has 1 aromatic rings. The summed E-state index contributed by atoms with van der Waals surface area (Å²) in [6.07, 6.45) is 1.69. The van der Waals surface area contributed by atoms with Crippen molar-refractivity contribution >= 4 is 11.6 Å². The first kappa shape index (κ1) is 15.1. The largest absolute Gasteiger partial charge is 0.390 e. The third-order valence-corrected chi connectivity index (χ3v) is 2.28. The molecule has 0 aliphatic heterocycles. The van der Waals surface area contributed by atoms with Crippen LogP contribution in [0.1, 0.15) is 6.92 Å². The Morgan fingerprint density at radius 3 is 2.95 bits per heavy atom. The summed E-state index contributed by atoms with van der Waals surface area (Å²) in [5, 5.41) is 29.5. The number of hydrogen-bond acceptors (Lipinski definition) is 6. The lowest BCUT2D eigenvalue weighted by Crippen LogP contribution is -2.35. The molecule has 1 unspecified atom stereocenters. The minimum absolute atomic E-state index is 0.105. The molecule has 0 aromatic carbocycles. The third kappa shape index (κ3) is 5.93. The van der Waals surface area contributed by atoms with Gasteiger partial charge in [0.25, 0.3) is 0 Å². The normalized spacial score (nSPS) is 12.1. The smallest absolute Gasteiger partial charge is 0.306 e. The van der Waals surface area contributed by atoms with Crippen LogP contribution in [0.25, 0.3) is 0 Å². The van der Waals surface area contributed by atoms with E-state index in [4.69, 9.17) is 0 Å². The maximum atomic E-state index is 10.6. The van der Waals surface area contributed by atoms with Crippen molar-refractivity contribution in [1.29, 1.82) is 0 Å². The molecular formula is C10H17N5O4. The fourth-order valence-corrected chi connectivity index (χ4v) is 1.42. The Morgan fingerprint density at radius 2 is 2.37 bits per heavy atom. The van der Waals surface area contributed by atoms with E-state index in [0.717, 1.165) is 6.20 Å². The van der Waals surface area contributed by atoms with Crippen molar-refractivity contribution in [3.05, 3.63) is 22.5 Å². The van der Waals surface area contributed by atoms with E-state index in [-0.39, 0.29) is 18.1 Å². The average molecular weight is 271 g/mol. The molecule has 0 spiro atoms. The van der Waals surface area contributed by atoms with E-state index in [1.54, 1.807) is 0 Å². The number of nitrogens with zero attached hydrogens (tertiary/aromatic N) is 3. The lowest BCUT2D eigenvalue weighted by atomic mass is 10.3. The number of amides is 1. The Labute approximate surface area is 109 Å². The summed E-state index contributed by atoms with van der Waals surface area (Å²) in [7, 11) is 0. The van der Waals surface area contributed by atoms with Crippen LogP contribution in [0.4, 0.5) is 5.69 Å². The molecular weight excluding hydrogens is 254 g/mol. The van der Waals surface area contributed by atoms with Gasteiger partial charge in [0.1, 0.15) is 12.4 Å². The van der Waals surface area contributed by atoms with Crippen LogP contribution >= 0.6 is 0 Å². The molecule has 0 bridgehead atoms. The van der Waals surface area contributed by atoms with Crippen LogP contribution in [0.15, 0.2) is 12.4 Å². The molecule has 9 nitrogen and oxygen atoms in total. The van der Waals surface area contributed by atoms with Gasteiger partial charge in [0.15, 0.2) is 0 Å². The molecule has 1 rings (SSSR count). The van der Waals surface area contributed by atoms with Gasteiger partial charge in [-0.2, -0.15) is 5.10 Å². The van der Waals surface area contributed by atoms with Gasteiger partial charge in [-0.15, -0.1) is 0 Å². The van der Waals surface area contributed by atoms with Crippen molar-refractivity contribution < 1.29 is 14.8 Å². The molecule has 19 heavy (non-hydrogen) atoms. The second-order valence-corrected chi connectivity index (χ2v) is 4.02. The highest BCUT2D eigenvalue weighted by molar-refractivity contribution is 5.72. The minimum Gasteiger partial charge on any atom is -0.390 e. The molecule has 0 saturated carbocycles. The van der Waals surface area contributed by atoms with Gasteiger partial charge in [0.05, 0.1) is 17.6 Å². The molecule has 1 aromatic heterocycles. The van der Waals surface area contributed by atoms with Crippen molar-refractivity contribution in [2.45, 2.75) is 19.6 Å². The van der Waals surface area contributed by atoms with Crippen LogP contribution in [0.2, 0.25) is 0 Å². The standard InChI is InChI=1S/C10H17N5O4/c1-8(16)12-3-2-11-5-10(17)7-14-6-9(4-13-14)15(18)19/h4,6,10-11,17H,2-3,5,7H2,1H3,(H,12,16). The number of rotatable bonds is 8. The van der Waals surface area contributed by atoms with Gasteiger partial charge in [-0.25, -0.2) is 0 Å². The first-order valence-corrected chi connectivity index (χ1v) is 5.79. The highest BCUT2D eigenvalue weighted by Gasteiger charge is 2.11. The lowest BCUT2D eigenvalue weighted by molar-refractivity contribution is -0.385. The third-order valence-electron chi connectivity index (χ3n) is 2.28. The first-order valence-electron chi connectivity index (χ1n) is 5.79. The Kier molecular flexibility index (Phi) is 5.90. The van der Waals surface area contributed by atoms with E-state index < -0.39 is 11.0 Å². The second kappa shape index (κ2) is 7.44. The Bertz CT molecular complexity index is 433. The number of aliphatic hydroxyl groups excluding tert-OH is 1. The summed E-state index contributed by atoms with van der Waals surface area (Å²) < 4.78 is 1.32. The van der Waals surface area contributed by atoms with Gasteiger partial charge in [-0.05, 0) is 0 Å². The molecule has 0 aliphatic carbocycles. The molecule has 9 heteroatoms. The minimum atomic E-state index is -0.711. The maximum absolute atomic E-state index is 10.6. The Morgan fingerprint density at radius 1 is 1.63 bits per heavy atom. The van der Waals surface area contributed by atoms with Crippen LogP contribution in [-0.4, -0.2) is 51.5 Å². The van der Waals surface area contributed by atoms with Crippen LogP contribution in [-0.2, 0) is 11.3 Å². The number of nitrogens with one attached hydrogen (secondary N) is 2. The summed E-state index contributed by atoms with van der Waals surface area (Å²) in [5.41, 5.74) is -0.106. The van der Waals surface area contributed by atoms with Crippen LogP contribution in [0, 0.1) is 10.1 Å². The molecule has 1 heterocycles. The van der Waals surface area contributed by atoms with Crippen molar-refractivity contribution in [3.8, 4) is 0 Å². The Balaban J connectivity index is 2.21. The zero-order chi connectivity index (χ0) is 14.3. The Hall–Kier alpha value is -2.00. The van der Waals surface area contributed by atoms with Crippen LogP contribution < -0.4 is 10.6 Å². The molecule has 3 N–H and O–H groups in total. The van der Waals surface area contributed by atoms with Gasteiger partial charge in [-0.3, -0.25) is 19.6 Å². The summed E-state index contributed by atoms with van der Waals surface area (Å²) in [6, 6.07) is 0.